The van der Waals surface area contributed by atoms with Crippen LogP contribution in [0.4, 0.5) is 0 Å². The Morgan fingerprint density at radius 1 is 0.800 bits per heavy atom. The van der Waals surface area contributed by atoms with E-state index in [1.807, 2.05) is 13.0 Å². The summed E-state index contributed by atoms with van der Waals surface area (Å²) >= 11 is 0. The first-order chi connectivity index (χ1) is 16.8. The Hall–Kier alpha value is -2.52. The van der Waals surface area contributed by atoms with E-state index in [2.05, 4.69) is 40.5 Å². The Morgan fingerprint density at radius 3 is 1.77 bits per heavy atom. The number of ketones is 2. The van der Waals surface area contributed by atoms with Crippen LogP contribution >= 0.6 is 0 Å². The Bertz CT molecular complexity index is 1000. The van der Waals surface area contributed by atoms with Crippen molar-refractivity contribution in [2.75, 3.05) is 26.3 Å². The highest BCUT2D eigenvalue weighted by atomic mass is 16.3. The lowest BCUT2D eigenvalue weighted by Gasteiger charge is -2.19. The number of carbonyl (C=O) groups excluding carboxylic acids is 2. The van der Waals surface area contributed by atoms with Gasteiger partial charge in [0, 0.05) is 61.6 Å². The molecule has 8 nitrogen and oxygen atoms in total. The molecule has 2 atom stereocenters. The molecule has 0 aromatic heterocycles. The van der Waals surface area contributed by atoms with Gasteiger partial charge in [-0.3, -0.25) is 19.6 Å². The Balaban J connectivity index is 0.000000198. The summed E-state index contributed by atoms with van der Waals surface area (Å²) in [4.78, 5) is 31.9. The third-order valence-corrected chi connectivity index (χ3v) is 6.42. The fourth-order valence-electron chi connectivity index (χ4n) is 4.43. The normalized spacial score (nSPS) is 20.5. The number of allylic oxidation sites excluding steroid dienone is 4. The van der Waals surface area contributed by atoms with E-state index in [1.165, 1.54) is 0 Å². The summed E-state index contributed by atoms with van der Waals surface area (Å²) in [7, 11) is 0. The van der Waals surface area contributed by atoms with Gasteiger partial charge in [0.25, 0.3) is 0 Å². The number of hydrogen-bond acceptors (Lipinski definition) is 8. The summed E-state index contributed by atoms with van der Waals surface area (Å²) < 4.78 is 0. The van der Waals surface area contributed by atoms with Gasteiger partial charge in [0.1, 0.15) is 0 Å². The molecule has 0 fully saturated rings. The third kappa shape index (κ3) is 7.24. The van der Waals surface area contributed by atoms with Crippen molar-refractivity contribution < 1.29 is 19.8 Å². The van der Waals surface area contributed by atoms with E-state index in [0.717, 1.165) is 40.1 Å². The lowest BCUT2D eigenvalue weighted by Crippen LogP contribution is -2.35. The molecule has 35 heavy (non-hydrogen) atoms. The van der Waals surface area contributed by atoms with Crippen molar-refractivity contribution in [3.8, 4) is 0 Å². The SMILES string of the molecule is CC(C)CC(CO)NCC1=CCC2=C1N=CCC2=O.CC(CO)NCC1=CCC2=C1N=CCC2=O. The van der Waals surface area contributed by atoms with Crippen molar-refractivity contribution >= 4 is 24.0 Å². The molecule has 8 heteroatoms. The second-order valence-electron chi connectivity index (χ2n) is 9.75. The quantitative estimate of drug-likeness (QED) is 0.379. The number of carbonyl (C=O) groups is 2. The van der Waals surface area contributed by atoms with Crippen LogP contribution in [0, 0.1) is 5.92 Å². The van der Waals surface area contributed by atoms with Crippen LogP contribution in [-0.2, 0) is 9.59 Å². The zero-order valence-electron chi connectivity index (χ0n) is 21.0. The average molecular weight is 483 g/mol. The third-order valence-electron chi connectivity index (χ3n) is 6.42. The second kappa shape index (κ2) is 13.0. The van der Waals surface area contributed by atoms with Gasteiger partial charge in [0.15, 0.2) is 11.6 Å². The molecule has 0 amide bonds. The summed E-state index contributed by atoms with van der Waals surface area (Å²) in [6, 6.07) is 0.169. The lowest BCUT2D eigenvalue weighted by molar-refractivity contribution is -0.115. The van der Waals surface area contributed by atoms with E-state index in [4.69, 9.17) is 5.11 Å². The Morgan fingerprint density at radius 2 is 1.31 bits per heavy atom. The van der Waals surface area contributed by atoms with Gasteiger partial charge in [0.2, 0.25) is 0 Å². The van der Waals surface area contributed by atoms with Crippen LogP contribution in [0.1, 0.15) is 52.9 Å². The molecule has 2 aliphatic heterocycles. The highest BCUT2D eigenvalue weighted by Gasteiger charge is 2.25. The zero-order valence-corrected chi connectivity index (χ0v) is 21.0. The van der Waals surface area contributed by atoms with Crippen LogP contribution in [0.15, 0.2) is 55.8 Å². The van der Waals surface area contributed by atoms with Crippen LogP contribution in [-0.4, -0.2) is 72.6 Å². The molecule has 190 valence electrons. The number of aliphatic hydroxyl groups is 2. The molecule has 4 rings (SSSR count). The van der Waals surface area contributed by atoms with Gasteiger partial charge >= 0.3 is 0 Å². The minimum absolute atomic E-state index is 0.0637. The molecule has 0 aromatic rings. The van der Waals surface area contributed by atoms with Crippen LogP contribution < -0.4 is 10.6 Å². The zero-order chi connectivity index (χ0) is 25.4. The van der Waals surface area contributed by atoms with E-state index in [1.54, 1.807) is 12.4 Å². The minimum atomic E-state index is 0.0637. The summed E-state index contributed by atoms with van der Waals surface area (Å²) in [5.74, 6) is 0.926. The van der Waals surface area contributed by atoms with E-state index in [-0.39, 0.29) is 36.9 Å². The molecule has 4 aliphatic rings. The van der Waals surface area contributed by atoms with Gasteiger partial charge < -0.3 is 20.8 Å². The first kappa shape index (κ1) is 27.1. The van der Waals surface area contributed by atoms with Crippen LogP contribution in [0.25, 0.3) is 0 Å². The van der Waals surface area contributed by atoms with Crippen molar-refractivity contribution in [3.63, 3.8) is 0 Å². The van der Waals surface area contributed by atoms with Crippen molar-refractivity contribution in [1.82, 2.24) is 10.6 Å². The molecule has 0 saturated carbocycles. The predicted octanol–water partition coefficient (Wildman–Crippen LogP) is 2.20. The largest absolute Gasteiger partial charge is 0.395 e. The Kier molecular flexibility index (Phi) is 10.0. The van der Waals surface area contributed by atoms with E-state index < -0.39 is 0 Å². The number of Topliss-reactive ketones (excluding diaryl/α,β-unsaturated/α-hetero) is 2. The predicted molar refractivity (Wildman–Crippen MR) is 139 cm³/mol. The summed E-state index contributed by atoms with van der Waals surface area (Å²) in [5, 5.41) is 24.8. The molecule has 2 aliphatic carbocycles. The maximum absolute atomic E-state index is 11.7. The van der Waals surface area contributed by atoms with Gasteiger partial charge in [-0.05, 0) is 43.3 Å². The summed E-state index contributed by atoms with van der Waals surface area (Å²) in [6.07, 6.45) is 10.7. The van der Waals surface area contributed by atoms with Gasteiger partial charge in [-0.25, -0.2) is 0 Å². The van der Waals surface area contributed by atoms with Crippen molar-refractivity contribution in [1.29, 1.82) is 0 Å². The smallest absolute Gasteiger partial charge is 0.166 e. The average Bonchev–Trinajstić information content (AvgIpc) is 3.46. The molecule has 0 saturated heterocycles. The maximum atomic E-state index is 11.7. The monoisotopic (exact) mass is 482 g/mol. The molecule has 0 spiro atoms. The first-order valence-electron chi connectivity index (χ1n) is 12.5. The molecule has 2 unspecified atom stereocenters. The number of nitrogens with one attached hydrogen (secondary N) is 2. The van der Waals surface area contributed by atoms with E-state index in [9.17, 15) is 14.7 Å². The minimum Gasteiger partial charge on any atom is -0.395 e. The van der Waals surface area contributed by atoms with E-state index >= 15 is 0 Å². The standard InChI is InChI=1S/C15H22N2O2.C12H16N2O2/c1-10(2)7-12(9-18)17-8-11-3-4-13-14(19)5-6-16-15(11)13;1-8(7-15)14-6-9-2-3-10-11(16)4-5-13-12(9)10/h3,6,10,12,17-18H,4-5,7-9H2,1-2H3;2,5,8,14-15H,3-4,6-7H2,1H3. The molecular weight excluding hydrogens is 444 g/mol. The number of rotatable bonds is 10. The fourth-order valence-corrected chi connectivity index (χ4v) is 4.43. The number of hydrogen-bond donors (Lipinski definition) is 4. The van der Waals surface area contributed by atoms with Crippen LogP contribution in [0.2, 0.25) is 0 Å². The Labute approximate surface area is 207 Å². The highest BCUT2D eigenvalue weighted by Crippen LogP contribution is 2.31. The van der Waals surface area contributed by atoms with Crippen molar-refractivity contribution in [2.24, 2.45) is 15.9 Å². The number of nitrogens with zero attached hydrogens (tertiary/aromatic N) is 2. The van der Waals surface area contributed by atoms with Crippen LogP contribution in [0.3, 0.4) is 0 Å². The molecular formula is C27H38N4O4. The van der Waals surface area contributed by atoms with Crippen LogP contribution in [0.5, 0.6) is 0 Å². The highest BCUT2D eigenvalue weighted by molar-refractivity contribution is 6.07. The summed E-state index contributed by atoms with van der Waals surface area (Å²) in [6.45, 7) is 7.78. The first-order valence-corrected chi connectivity index (χ1v) is 12.5. The van der Waals surface area contributed by atoms with Crippen molar-refractivity contribution in [2.45, 2.75) is 65.0 Å². The van der Waals surface area contributed by atoms with Gasteiger partial charge in [0.05, 0.1) is 24.6 Å². The molecule has 4 N–H and O–H groups in total. The van der Waals surface area contributed by atoms with E-state index in [0.29, 0.717) is 44.7 Å². The molecule has 0 bridgehead atoms. The lowest BCUT2D eigenvalue weighted by atomic mass is 10.0. The maximum Gasteiger partial charge on any atom is 0.166 e. The number of aliphatic imine (C=N–C) groups is 2. The van der Waals surface area contributed by atoms with Gasteiger partial charge in [-0.2, -0.15) is 0 Å². The fraction of sp³-hybridized carbons (Fsp3) is 0.556. The molecule has 0 aromatic carbocycles. The topological polar surface area (TPSA) is 123 Å². The molecule has 2 heterocycles. The number of aliphatic hydroxyl groups excluding tert-OH is 2. The summed E-state index contributed by atoms with van der Waals surface area (Å²) in [5.41, 5.74) is 5.54. The van der Waals surface area contributed by atoms with Gasteiger partial charge in [-0.1, -0.05) is 26.0 Å². The van der Waals surface area contributed by atoms with Gasteiger partial charge in [-0.15, -0.1) is 0 Å². The second-order valence-corrected chi connectivity index (χ2v) is 9.75. The molecule has 0 radical (unpaired) electrons. The van der Waals surface area contributed by atoms with Crippen molar-refractivity contribution in [3.05, 3.63) is 45.8 Å².